The van der Waals surface area contributed by atoms with Gasteiger partial charge in [-0.15, -0.1) is 6.58 Å². The summed E-state index contributed by atoms with van der Waals surface area (Å²) >= 11 is 0. The van der Waals surface area contributed by atoms with Gasteiger partial charge in [-0.3, -0.25) is 0 Å². The van der Waals surface area contributed by atoms with Crippen molar-refractivity contribution in [2.24, 2.45) is 0 Å². The summed E-state index contributed by atoms with van der Waals surface area (Å²) in [5.41, 5.74) is 0.701. The van der Waals surface area contributed by atoms with Crippen LogP contribution in [0, 0.1) is 5.82 Å². The van der Waals surface area contributed by atoms with Crippen LogP contribution in [-0.2, 0) is 6.54 Å². The molecule has 1 aromatic rings. The van der Waals surface area contributed by atoms with Gasteiger partial charge in [-0.1, -0.05) is 6.08 Å². The van der Waals surface area contributed by atoms with Crippen molar-refractivity contribution in [3.8, 4) is 0 Å². The Hall–Kier alpha value is -1.42. The second kappa shape index (κ2) is 6.66. The molecule has 2 rings (SSSR count). The highest BCUT2D eigenvalue weighted by Gasteiger charge is 2.21. The second-order valence-corrected chi connectivity index (χ2v) is 5.12. The van der Waals surface area contributed by atoms with Crippen molar-refractivity contribution in [2.45, 2.75) is 38.3 Å². The van der Waals surface area contributed by atoms with Crippen molar-refractivity contribution >= 4 is 5.82 Å². The zero-order valence-corrected chi connectivity index (χ0v) is 11.5. The van der Waals surface area contributed by atoms with Gasteiger partial charge in [-0.05, 0) is 31.7 Å². The van der Waals surface area contributed by atoms with Crippen LogP contribution in [0.2, 0.25) is 0 Å². The van der Waals surface area contributed by atoms with Crippen LogP contribution in [0.25, 0.3) is 0 Å². The monoisotopic (exact) mass is 263 g/mol. The molecule has 0 saturated heterocycles. The first kappa shape index (κ1) is 14.0. The van der Waals surface area contributed by atoms with E-state index in [0.717, 1.165) is 19.4 Å². The van der Waals surface area contributed by atoms with Crippen LogP contribution in [-0.4, -0.2) is 24.6 Å². The van der Waals surface area contributed by atoms with Crippen LogP contribution in [0.4, 0.5) is 10.2 Å². The maximum Gasteiger partial charge on any atom is 0.170 e. The highest BCUT2D eigenvalue weighted by Crippen LogP contribution is 2.22. The molecule has 0 spiro atoms. The minimum Gasteiger partial charge on any atom is -0.357 e. The van der Waals surface area contributed by atoms with Crippen LogP contribution in [0.1, 0.15) is 31.2 Å². The molecule has 0 aliphatic heterocycles. The lowest BCUT2D eigenvalue weighted by atomic mass is 10.2. The number of anilines is 1. The smallest absolute Gasteiger partial charge is 0.170 e. The summed E-state index contributed by atoms with van der Waals surface area (Å²) in [6.07, 6.45) is 7.89. The van der Waals surface area contributed by atoms with E-state index in [1.807, 2.05) is 18.0 Å². The topological polar surface area (TPSA) is 28.2 Å². The molecule has 0 amide bonds. The molecule has 1 aliphatic carbocycles. The fourth-order valence-corrected chi connectivity index (χ4v) is 1.99. The zero-order valence-electron chi connectivity index (χ0n) is 11.5. The molecule has 1 N–H and O–H groups in total. The van der Waals surface area contributed by atoms with Crippen molar-refractivity contribution in [1.29, 1.82) is 0 Å². The predicted molar refractivity (Wildman–Crippen MR) is 76.8 cm³/mol. The summed E-state index contributed by atoms with van der Waals surface area (Å²) in [5.74, 6) is 0.246. The lowest BCUT2D eigenvalue weighted by Crippen LogP contribution is -2.23. The second-order valence-electron chi connectivity index (χ2n) is 5.12. The molecule has 1 aliphatic rings. The van der Waals surface area contributed by atoms with Gasteiger partial charge in [-0.2, -0.15) is 0 Å². The van der Waals surface area contributed by atoms with E-state index in [4.69, 9.17) is 0 Å². The van der Waals surface area contributed by atoms with Crippen molar-refractivity contribution in [3.05, 3.63) is 36.3 Å². The first-order chi connectivity index (χ1) is 9.22. The molecule has 0 unspecified atom stereocenters. The van der Waals surface area contributed by atoms with E-state index in [-0.39, 0.29) is 5.82 Å². The fourth-order valence-electron chi connectivity index (χ4n) is 1.99. The van der Waals surface area contributed by atoms with Crippen molar-refractivity contribution in [1.82, 2.24) is 10.3 Å². The Morgan fingerprint density at radius 1 is 1.58 bits per heavy atom. The number of halogens is 1. The Morgan fingerprint density at radius 3 is 3.05 bits per heavy atom. The lowest BCUT2D eigenvalue weighted by Gasteiger charge is -2.19. The Bertz CT molecular complexity index is 429. The van der Waals surface area contributed by atoms with Gasteiger partial charge >= 0.3 is 0 Å². The summed E-state index contributed by atoms with van der Waals surface area (Å²) < 4.78 is 14.3. The highest BCUT2D eigenvalue weighted by molar-refractivity contribution is 5.42. The SMILES string of the molecule is C=CCCCN(C)c1nccc(CNC2CC2)c1F. The Labute approximate surface area is 114 Å². The minimum atomic E-state index is -0.197. The molecule has 4 heteroatoms. The standard InChI is InChI=1S/C15H22FN3/c1-3-4-5-10-19(2)15-14(16)12(8-9-17-15)11-18-13-6-7-13/h3,8-9,13,18H,1,4-7,10-11H2,2H3. The van der Waals surface area contributed by atoms with E-state index in [1.54, 1.807) is 12.3 Å². The van der Waals surface area contributed by atoms with Crippen molar-refractivity contribution < 1.29 is 4.39 Å². The molecule has 1 heterocycles. The number of nitrogens with one attached hydrogen (secondary N) is 1. The van der Waals surface area contributed by atoms with E-state index in [9.17, 15) is 4.39 Å². The first-order valence-electron chi connectivity index (χ1n) is 6.91. The third kappa shape index (κ3) is 4.03. The van der Waals surface area contributed by atoms with Gasteiger partial charge in [-0.25, -0.2) is 9.37 Å². The maximum atomic E-state index is 14.3. The molecular formula is C15H22FN3. The van der Waals surface area contributed by atoms with Gasteiger partial charge in [0, 0.05) is 37.9 Å². The number of nitrogens with zero attached hydrogens (tertiary/aromatic N) is 2. The summed E-state index contributed by atoms with van der Waals surface area (Å²) in [5, 5.41) is 3.33. The summed E-state index contributed by atoms with van der Waals surface area (Å²) in [7, 11) is 1.88. The normalized spacial score (nSPS) is 14.4. The van der Waals surface area contributed by atoms with E-state index in [1.165, 1.54) is 12.8 Å². The molecule has 0 aromatic carbocycles. The Morgan fingerprint density at radius 2 is 2.37 bits per heavy atom. The average molecular weight is 263 g/mol. The molecule has 19 heavy (non-hydrogen) atoms. The number of hydrogen-bond acceptors (Lipinski definition) is 3. The third-order valence-electron chi connectivity index (χ3n) is 3.37. The number of unbranched alkanes of at least 4 members (excludes halogenated alkanes) is 1. The third-order valence-corrected chi connectivity index (χ3v) is 3.37. The van der Waals surface area contributed by atoms with Gasteiger partial charge in [0.25, 0.3) is 0 Å². The van der Waals surface area contributed by atoms with Gasteiger partial charge < -0.3 is 10.2 Å². The highest BCUT2D eigenvalue weighted by atomic mass is 19.1. The van der Waals surface area contributed by atoms with E-state index in [0.29, 0.717) is 24.0 Å². The van der Waals surface area contributed by atoms with Crippen molar-refractivity contribution in [2.75, 3.05) is 18.5 Å². The van der Waals surface area contributed by atoms with Crippen LogP contribution in [0.3, 0.4) is 0 Å². The number of aromatic nitrogens is 1. The van der Waals surface area contributed by atoms with E-state index < -0.39 is 0 Å². The molecule has 0 radical (unpaired) electrons. The molecule has 0 bridgehead atoms. The molecule has 0 atom stereocenters. The van der Waals surface area contributed by atoms with Crippen LogP contribution >= 0.6 is 0 Å². The maximum absolute atomic E-state index is 14.3. The number of pyridine rings is 1. The van der Waals surface area contributed by atoms with Crippen molar-refractivity contribution in [3.63, 3.8) is 0 Å². The Kier molecular flexibility index (Phi) is 4.91. The predicted octanol–water partition coefficient (Wildman–Crippen LogP) is 2.88. The Balaban J connectivity index is 1.98. The number of allylic oxidation sites excluding steroid dienone is 1. The molecular weight excluding hydrogens is 241 g/mol. The molecule has 1 aromatic heterocycles. The minimum absolute atomic E-state index is 0.197. The molecule has 3 nitrogen and oxygen atoms in total. The number of rotatable bonds is 8. The molecule has 1 fully saturated rings. The summed E-state index contributed by atoms with van der Waals surface area (Å²) in [6.45, 7) is 5.07. The van der Waals surface area contributed by atoms with Gasteiger partial charge in [0.1, 0.15) is 0 Å². The molecule has 1 saturated carbocycles. The van der Waals surface area contributed by atoms with Crippen LogP contribution in [0.5, 0.6) is 0 Å². The average Bonchev–Trinajstić information content (AvgIpc) is 3.22. The summed E-state index contributed by atoms with van der Waals surface area (Å²) in [6, 6.07) is 2.34. The van der Waals surface area contributed by atoms with Crippen LogP contribution < -0.4 is 10.2 Å². The van der Waals surface area contributed by atoms with Gasteiger partial charge in [0.15, 0.2) is 11.6 Å². The van der Waals surface area contributed by atoms with Gasteiger partial charge in [0.2, 0.25) is 0 Å². The van der Waals surface area contributed by atoms with E-state index in [2.05, 4.69) is 16.9 Å². The first-order valence-corrected chi connectivity index (χ1v) is 6.91. The fraction of sp³-hybridized carbons (Fsp3) is 0.533. The van der Waals surface area contributed by atoms with Crippen LogP contribution in [0.15, 0.2) is 24.9 Å². The zero-order chi connectivity index (χ0) is 13.7. The number of hydrogen-bond donors (Lipinski definition) is 1. The van der Waals surface area contributed by atoms with Gasteiger partial charge in [0.05, 0.1) is 0 Å². The largest absolute Gasteiger partial charge is 0.357 e. The molecule has 104 valence electrons. The lowest BCUT2D eigenvalue weighted by molar-refractivity contribution is 0.576. The van der Waals surface area contributed by atoms with E-state index >= 15 is 0 Å². The summed E-state index contributed by atoms with van der Waals surface area (Å²) in [4.78, 5) is 6.03. The quantitative estimate of drug-likeness (QED) is 0.577.